The Hall–Kier alpha value is -2.04. The maximum absolute atomic E-state index is 12.7. The number of amides is 2. The van der Waals surface area contributed by atoms with Crippen molar-refractivity contribution in [1.82, 2.24) is 10.2 Å². The van der Waals surface area contributed by atoms with Gasteiger partial charge in [0.05, 0.1) is 5.56 Å². The van der Waals surface area contributed by atoms with E-state index in [1.807, 2.05) is 32.0 Å². The number of aryl methyl sites for hydroxylation is 1. The largest absolute Gasteiger partial charge is 0.387 e. The standard InChI is InChI=1S/C15H21N3O2/c1-4-13-14(19)17-7-8-18(13)15(20)11-6-5-10(2)9-12(11)16-3/h5-6,9,13,16H,4,7-8H2,1-3H3,(H,17,19). The Balaban J connectivity index is 2.32. The van der Waals surface area contributed by atoms with Gasteiger partial charge in [0.2, 0.25) is 5.91 Å². The predicted molar refractivity (Wildman–Crippen MR) is 78.9 cm³/mol. The van der Waals surface area contributed by atoms with Crippen LogP contribution in [0.2, 0.25) is 0 Å². The van der Waals surface area contributed by atoms with Crippen LogP contribution >= 0.6 is 0 Å². The quantitative estimate of drug-likeness (QED) is 0.876. The van der Waals surface area contributed by atoms with E-state index in [-0.39, 0.29) is 17.9 Å². The second-order valence-electron chi connectivity index (χ2n) is 5.01. The number of carbonyl (C=O) groups excluding carboxylic acids is 2. The van der Waals surface area contributed by atoms with Crippen molar-refractivity contribution in [2.75, 3.05) is 25.5 Å². The number of nitrogens with zero attached hydrogens (tertiary/aromatic N) is 1. The minimum Gasteiger partial charge on any atom is -0.387 e. The third-order valence-corrected chi connectivity index (χ3v) is 3.65. The first-order chi connectivity index (χ1) is 9.58. The van der Waals surface area contributed by atoms with Gasteiger partial charge in [-0.25, -0.2) is 0 Å². The molecule has 1 fully saturated rings. The van der Waals surface area contributed by atoms with Crippen molar-refractivity contribution in [3.05, 3.63) is 29.3 Å². The fraction of sp³-hybridized carbons (Fsp3) is 0.467. The fourth-order valence-corrected chi connectivity index (χ4v) is 2.57. The molecule has 0 radical (unpaired) electrons. The smallest absolute Gasteiger partial charge is 0.256 e. The van der Waals surface area contributed by atoms with Gasteiger partial charge in [-0.2, -0.15) is 0 Å². The number of piperazine rings is 1. The first-order valence-electron chi connectivity index (χ1n) is 6.95. The van der Waals surface area contributed by atoms with Gasteiger partial charge >= 0.3 is 0 Å². The van der Waals surface area contributed by atoms with Crippen molar-refractivity contribution in [2.45, 2.75) is 26.3 Å². The van der Waals surface area contributed by atoms with Crippen LogP contribution in [0.15, 0.2) is 18.2 Å². The molecule has 1 saturated heterocycles. The molecule has 5 nitrogen and oxygen atoms in total. The zero-order valence-electron chi connectivity index (χ0n) is 12.2. The molecule has 1 atom stereocenters. The van der Waals surface area contributed by atoms with Crippen LogP contribution in [-0.2, 0) is 4.79 Å². The van der Waals surface area contributed by atoms with Gasteiger partial charge in [-0.1, -0.05) is 13.0 Å². The van der Waals surface area contributed by atoms with Gasteiger partial charge < -0.3 is 15.5 Å². The first-order valence-corrected chi connectivity index (χ1v) is 6.95. The maximum Gasteiger partial charge on any atom is 0.256 e. The highest BCUT2D eigenvalue weighted by Crippen LogP contribution is 2.21. The van der Waals surface area contributed by atoms with Crippen LogP contribution in [0.1, 0.15) is 29.3 Å². The molecule has 20 heavy (non-hydrogen) atoms. The summed E-state index contributed by atoms with van der Waals surface area (Å²) in [6.45, 7) is 4.98. The number of benzene rings is 1. The summed E-state index contributed by atoms with van der Waals surface area (Å²) in [5.41, 5.74) is 2.51. The summed E-state index contributed by atoms with van der Waals surface area (Å²) in [7, 11) is 1.80. The van der Waals surface area contributed by atoms with Crippen molar-refractivity contribution >= 4 is 17.5 Å². The Morgan fingerprint density at radius 1 is 1.50 bits per heavy atom. The van der Waals surface area contributed by atoms with Crippen molar-refractivity contribution < 1.29 is 9.59 Å². The van der Waals surface area contributed by atoms with Crippen LogP contribution in [-0.4, -0.2) is 42.9 Å². The third kappa shape index (κ3) is 2.61. The summed E-state index contributed by atoms with van der Waals surface area (Å²) in [6, 6.07) is 5.31. The van der Waals surface area contributed by atoms with Crippen LogP contribution < -0.4 is 10.6 Å². The lowest BCUT2D eigenvalue weighted by Gasteiger charge is -2.35. The summed E-state index contributed by atoms with van der Waals surface area (Å²) in [5, 5.41) is 5.86. The highest BCUT2D eigenvalue weighted by molar-refractivity contribution is 6.02. The van der Waals surface area contributed by atoms with Crippen LogP contribution in [0, 0.1) is 6.92 Å². The van der Waals surface area contributed by atoms with E-state index >= 15 is 0 Å². The molecule has 108 valence electrons. The van der Waals surface area contributed by atoms with Crippen molar-refractivity contribution in [2.24, 2.45) is 0 Å². The van der Waals surface area contributed by atoms with Crippen molar-refractivity contribution in [3.8, 4) is 0 Å². The first kappa shape index (κ1) is 14.4. The zero-order chi connectivity index (χ0) is 14.7. The van der Waals surface area contributed by atoms with Crippen LogP contribution in [0.4, 0.5) is 5.69 Å². The average Bonchev–Trinajstić information content (AvgIpc) is 2.46. The average molecular weight is 275 g/mol. The molecule has 2 amide bonds. The summed E-state index contributed by atoms with van der Waals surface area (Å²) in [4.78, 5) is 26.2. The minimum atomic E-state index is -0.373. The molecule has 0 bridgehead atoms. The second-order valence-corrected chi connectivity index (χ2v) is 5.01. The van der Waals surface area contributed by atoms with Gasteiger partial charge in [0.25, 0.3) is 5.91 Å². The van der Waals surface area contributed by atoms with Gasteiger partial charge in [-0.3, -0.25) is 9.59 Å². The SMILES string of the molecule is CCC1C(=O)NCCN1C(=O)c1ccc(C)cc1NC. The molecule has 0 spiro atoms. The molecule has 2 rings (SSSR count). The molecule has 0 saturated carbocycles. The Kier molecular flexibility index (Phi) is 4.27. The molecular formula is C15H21N3O2. The maximum atomic E-state index is 12.7. The summed E-state index contributed by atoms with van der Waals surface area (Å²) in [6.07, 6.45) is 0.623. The number of hydrogen-bond acceptors (Lipinski definition) is 3. The Bertz CT molecular complexity index is 528. The van der Waals surface area contributed by atoms with Gasteiger partial charge in [-0.05, 0) is 31.0 Å². The third-order valence-electron chi connectivity index (χ3n) is 3.65. The summed E-state index contributed by atoms with van der Waals surface area (Å²) >= 11 is 0. The molecule has 0 aliphatic carbocycles. The summed E-state index contributed by atoms with van der Waals surface area (Å²) < 4.78 is 0. The Labute approximate surface area is 119 Å². The molecule has 1 unspecified atom stereocenters. The van der Waals surface area contributed by atoms with Gasteiger partial charge in [0, 0.05) is 25.8 Å². The lowest BCUT2D eigenvalue weighted by molar-refractivity contribution is -0.127. The van der Waals surface area contributed by atoms with Crippen LogP contribution in [0.25, 0.3) is 0 Å². The molecule has 0 aromatic heterocycles. The van der Waals surface area contributed by atoms with E-state index in [9.17, 15) is 9.59 Å². The van der Waals surface area contributed by atoms with Crippen LogP contribution in [0.3, 0.4) is 0 Å². The number of nitrogens with one attached hydrogen (secondary N) is 2. The molecule has 1 aromatic carbocycles. The molecule has 1 aliphatic heterocycles. The summed E-state index contributed by atoms with van der Waals surface area (Å²) in [5.74, 6) is -0.152. The van der Waals surface area contributed by atoms with Gasteiger partial charge in [0.1, 0.15) is 6.04 Å². The molecule has 2 N–H and O–H groups in total. The second kappa shape index (κ2) is 5.94. The van der Waals surface area contributed by atoms with Gasteiger partial charge in [-0.15, -0.1) is 0 Å². The monoisotopic (exact) mass is 275 g/mol. The van der Waals surface area contributed by atoms with E-state index < -0.39 is 0 Å². The molecule has 1 aromatic rings. The van der Waals surface area contributed by atoms with E-state index in [1.54, 1.807) is 11.9 Å². The highest BCUT2D eigenvalue weighted by atomic mass is 16.2. The fourth-order valence-electron chi connectivity index (χ4n) is 2.57. The lowest BCUT2D eigenvalue weighted by Crippen LogP contribution is -2.56. The lowest BCUT2D eigenvalue weighted by atomic mass is 10.0. The highest BCUT2D eigenvalue weighted by Gasteiger charge is 2.32. The zero-order valence-corrected chi connectivity index (χ0v) is 12.2. The Morgan fingerprint density at radius 3 is 2.90 bits per heavy atom. The van der Waals surface area contributed by atoms with Crippen molar-refractivity contribution in [1.29, 1.82) is 0 Å². The number of anilines is 1. The molecule has 1 aliphatic rings. The van der Waals surface area contributed by atoms with Crippen molar-refractivity contribution in [3.63, 3.8) is 0 Å². The Morgan fingerprint density at radius 2 is 2.25 bits per heavy atom. The minimum absolute atomic E-state index is 0.0646. The van der Waals surface area contributed by atoms with E-state index in [0.717, 1.165) is 11.3 Å². The normalized spacial score (nSPS) is 18.6. The van der Waals surface area contributed by atoms with Crippen LogP contribution in [0.5, 0.6) is 0 Å². The number of rotatable bonds is 3. The molecular weight excluding hydrogens is 254 g/mol. The predicted octanol–water partition coefficient (Wildman–Crippen LogP) is 1.39. The van der Waals surface area contributed by atoms with E-state index in [4.69, 9.17) is 0 Å². The molecule has 1 heterocycles. The molecule has 5 heteroatoms. The van der Waals surface area contributed by atoms with E-state index in [2.05, 4.69) is 10.6 Å². The van der Waals surface area contributed by atoms with Gasteiger partial charge in [0.15, 0.2) is 0 Å². The number of hydrogen-bond donors (Lipinski definition) is 2. The van der Waals surface area contributed by atoms with E-state index in [0.29, 0.717) is 25.1 Å². The topological polar surface area (TPSA) is 61.4 Å². The van der Waals surface area contributed by atoms with E-state index in [1.165, 1.54) is 0 Å². The number of carbonyl (C=O) groups is 2.